The van der Waals surface area contributed by atoms with Crippen molar-refractivity contribution >= 4 is 39.0 Å². The second kappa shape index (κ2) is 6.54. The highest BCUT2D eigenvalue weighted by Gasteiger charge is 2.15. The maximum absolute atomic E-state index is 4.66. The van der Waals surface area contributed by atoms with Crippen LogP contribution in [-0.4, -0.2) is 9.55 Å². The van der Waals surface area contributed by atoms with Gasteiger partial charge in [-0.05, 0) is 61.0 Å². The summed E-state index contributed by atoms with van der Waals surface area (Å²) in [7, 11) is 2.08. The van der Waals surface area contributed by atoms with Gasteiger partial charge in [0.1, 0.15) is 5.65 Å². The van der Waals surface area contributed by atoms with Crippen LogP contribution >= 0.6 is 0 Å². The Labute approximate surface area is 164 Å². The summed E-state index contributed by atoms with van der Waals surface area (Å²) in [5.74, 6) is 0. The van der Waals surface area contributed by atoms with Gasteiger partial charge in [-0.25, -0.2) is 4.98 Å². The van der Waals surface area contributed by atoms with Crippen molar-refractivity contribution in [2.75, 3.05) is 4.90 Å². The number of fused-ring (bicyclic) bond motifs is 3. The number of hydrogen-bond acceptors (Lipinski definition) is 2. The number of rotatable bonds is 3. The average molecular weight is 363 g/mol. The van der Waals surface area contributed by atoms with Gasteiger partial charge in [0.05, 0.1) is 5.52 Å². The third-order valence-electron chi connectivity index (χ3n) is 5.24. The molecule has 0 aliphatic heterocycles. The third-order valence-corrected chi connectivity index (χ3v) is 5.24. The normalized spacial score (nSPS) is 11.2. The van der Waals surface area contributed by atoms with Crippen LogP contribution in [0.25, 0.3) is 21.9 Å². The Balaban J connectivity index is 1.78. The first kappa shape index (κ1) is 16.6. The predicted octanol–water partition coefficient (Wildman–Crippen LogP) is 6.50. The van der Waals surface area contributed by atoms with Crippen molar-refractivity contribution in [3.8, 4) is 0 Å². The lowest BCUT2D eigenvalue weighted by Gasteiger charge is -2.25. The van der Waals surface area contributed by atoms with Crippen LogP contribution in [-0.2, 0) is 7.05 Å². The second-order valence-electron chi connectivity index (χ2n) is 7.15. The van der Waals surface area contributed by atoms with Gasteiger partial charge < -0.3 is 9.47 Å². The van der Waals surface area contributed by atoms with Crippen LogP contribution in [0, 0.1) is 6.92 Å². The molecule has 0 saturated heterocycles. The highest BCUT2D eigenvalue weighted by atomic mass is 15.1. The zero-order valence-corrected chi connectivity index (χ0v) is 16.0. The fourth-order valence-electron chi connectivity index (χ4n) is 3.91. The summed E-state index contributed by atoms with van der Waals surface area (Å²) >= 11 is 0. The summed E-state index contributed by atoms with van der Waals surface area (Å²) in [6.07, 6.45) is 1.93. The first-order valence-corrected chi connectivity index (χ1v) is 9.47. The highest BCUT2D eigenvalue weighted by Crippen LogP contribution is 2.37. The van der Waals surface area contributed by atoms with Crippen molar-refractivity contribution in [2.24, 2.45) is 7.05 Å². The van der Waals surface area contributed by atoms with E-state index in [4.69, 9.17) is 0 Å². The van der Waals surface area contributed by atoms with Crippen molar-refractivity contribution in [1.82, 2.24) is 9.55 Å². The van der Waals surface area contributed by atoms with Gasteiger partial charge in [0.15, 0.2) is 0 Å². The van der Waals surface area contributed by atoms with E-state index in [0.717, 1.165) is 22.7 Å². The summed E-state index contributed by atoms with van der Waals surface area (Å²) in [6, 6.07) is 29.9. The number of pyridine rings is 1. The number of nitrogens with zero attached hydrogens (tertiary/aromatic N) is 3. The average Bonchev–Trinajstić information content (AvgIpc) is 3.01. The molecule has 0 saturated carbocycles. The molecule has 3 nitrogen and oxygen atoms in total. The van der Waals surface area contributed by atoms with E-state index in [9.17, 15) is 0 Å². The molecular formula is C25H21N3. The minimum absolute atomic E-state index is 1.02. The first-order valence-electron chi connectivity index (χ1n) is 9.47. The van der Waals surface area contributed by atoms with Gasteiger partial charge in [-0.2, -0.15) is 0 Å². The van der Waals surface area contributed by atoms with E-state index in [1.165, 1.54) is 21.9 Å². The molecule has 136 valence electrons. The molecule has 0 N–H and O–H groups in total. The highest BCUT2D eigenvalue weighted by molar-refractivity contribution is 6.08. The summed E-state index contributed by atoms with van der Waals surface area (Å²) in [6.45, 7) is 2.09. The molecule has 0 bridgehead atoms. The lowest BCUT2D eigenvalue weighted by molar-refractivity contribution is 0.988. The van der Waals surface area contributed by atoms with Gasteiger partial charge >= 0.3 is 0 Å². The Morgan fingerprint density at radius 2 is 1.36 bits per heavy atom. The van der Waals surface area contributed by atoms with Crippen LogP contribution in [0.4, 0.5) is 17.1 Å². The smallest absolute Gasteiger partial charge is 0.140 e. The molecule has 3 heteroatoms. The van der Waals surface area contributed by atoms with E-state index in [1.807, 2.05) is 6.20 Å². The molecule has 5 rings (SSSR count). The fraction of sp³-hybridized carbons (Fsp3) is 0.0800. The number of aromatic nitrogens is 2. The SMILES string of the molecule is Cc1cnc2c(c1)c1cc(N(c3ccccc3)c3ccccc3)ccc1n2C. The summed E-state index contributed by atoms with van der Waals surface area (Å²) < 4.78 is 2.17. The number of aryl methyl sites for hydroxylation is 2. The zero-order chi connectivity index (χ0) is 19.1. The van der Waals surface area contributed by atoms with E-state index in [-0.39, 0.29) is 0 Å². The van der Waals surface area contributed by atoms with Crippen molar-refractivity contribution in [3.05, 3.63) is 96.7 Å². The minimum Gasteiger partial charge on any atom is -0.328 e. The lowest BCUT2D eigenvalue weighted by atomic mass is 10.1. The topological polar surface area (TPSA) is 21.1 Å². The van der Waals surface area contributed by atoms with Crippen molar-refractivity contribution in [3.63, 3.8) is 0 Å². The molecule has 2 heterocycles. The Morgan fingerprint density at radius 1 is 0.714 bits per heavy atom. The van der Waals surface area contributed by atoms with Crippen LogP contribution in [0.15, 0.2) is 91.1 Å². The van der Waals surface area contributed by atoms with Crippen molar-refractivity contribution in [1.29, 1.82) is 0 Å². The van der Waals surface area contributed by atoms with Gasteiger partial charge in [0.25, 0.3) is 0 Å². The number of benzene rings is 3. The molecule has 0 aliphatic carbocycles. The zero-order valence-electron chi connectivity index (χ0n) is 16.0. The Morgan fingerprint density at radius 3 is 2.00 bits per heavy atom. The van der Waals surface area contributed by atoms with E-state index in [1.54, 1.807) is 0 Å². The molecule has 0 amide bonds. The largest absolute Gasteiger partial charge is 0.328 e. The number of para-hydroxylation sites is 2. The molecule has 3 aromatic carbocycles. The van der Waals surface area contributed by atoms with E-state index >= 15 is 0 Å². The Hall–Kier alpha value is -3.59. The van der Waals surface area contributed by atoms with E-state index in [2.05, 4.69) is 113 Å². The molecule has 0 aliphatic rings. The fourth-order valence-corrected chi connectivity index (χ4v) is 3.91. The first-order chi connectivity index (χ1) is 13.7. The quantitative estimate of drug-likeness (QED) is 0.364. The number of hydrogen-bond donors (Lipinski definition) is 0. The third kappa shape index (κ3) is 2.64. The molecule has 0 atom stereocenters. The predicted molar refractivity (Wildman–Crippen MR) is 118 cm³/mol. The van der Waals surface area contributed by atoms with Gasteiger partial charge in [0.2, 0.25) is 0 Å². The molecule has 28 heavy (non-hydrogen) atoms. The lowest BCUT2D eigenvalue weighted by Crippen LogP contribution is -2.09. The maximum Gasteiger partial charge on any atom is 0.140 e. The summed E-state index contributed by atoms with van der Waals surface area (Å²) in [4.78, 5) is 6.95. The summed E-state index contributed by atoms with van der Waals surface area (Å²) in [5.41, 5.74) is 6.80. The van der Waals surface area contributed by atoms with Crippen LogP contribution in [0.2, 0.25) is 0 Å². The molecular weight excluding hydrogens is 342 g/mol. The van der Waals surface area contributed by atoms with Gasteiger partial charge in [-0.1, -0.05) is 36.4 Å². The van der Waals surface area contributed by atoms with Crippen LogP contribution in [0.5, 0.6) is 0 Å². The Bertz CT molecular complexity index is 1230. The van der Waals surface area contributed by atoms with Crippen LogP contribution in [0.1, 0.15) is 5.56 Å². The minimum atomic E-state index is 1.02. The number of anilines is 3. The molecule has 0 fully saturated rings. The van der Waals surface area contributed by atoms with Crippen molar-refractivity contribution in [2.45, 2.75) is 6.92 Å². The van der Waals surface area contributed by atoms with Gasteiger partial charge in [-0.3, -0.25) is 0 Å². The van der Waals surface area contributed by atoms with Gasteiger partial charge in [0, 0.05) is 41.1 Å². The second-order valence-corrected chi connectivity index (χ2v) is 7.15. The van der Waals surface area contributed by atoms with Gasteiger partial charge in [-0.15, -0.1) is 0 Å². The molecule has 0 unspecified atom stereocenters. The van der Waals surface area contributed by atoms with E-state index in [0.29, 0.717) is 0 Å². The monoisotopic (exact) mass is 363 g/mol. The van der Waals surface area contributed by atoms with Crippen LogP contribution in [0.3, 0.4) is 0 Å². The molecule has 0 spiro atoms. The Kier molecular flexibility index (Phi) is 3.87. The maximum atomic E-state index is 4.66. The molecule has 0 radical (unpaired) electrons. The van der Waals surface area contributed by atoms with Crippen LogP contribution < -0.4 is 4.90 Å². The van der Waals surface area contributed by atoms with Crippen molar-refractivity contribution < 1.29 is 0 Å². The summed E-state index contributed by atoms with van der Waals surface area (Å²) in [5, 5.41) is 2.42. The molecule has 2 aromatic heterocycles. The standard InChI is InChI=1S/C25H21N3/c1-18-15-23-22-16-21(13-14-24(22)27(2)25(23)26-17-18)28(19-9-5-3-6-10-19)20-11-7-4-8-12-20/h3-17H,1-2H3. The van der Waals surface area contributed by atoms with E-state index < -0.39 is 0 Å². The molecule has 5 aromatic rings.